The first-order valence-electron chi connectivity index (χ1n) is 8.71. The van der Waals surface area contributed by atoms with Gasteiger partial charge in [0.15, 0.2) is 0 Å². The lowest BCUT2D eigenvalue weighted by molar-refractivity contribution is -0.917. The van der Waals surface area contributed by atoms with Crippen LogP contribution in [0.5, 0.6) is 0 Å². The summed E-state index contributed by atoms with van der Waals surface area (Å²) in [6, 6.07) is 16.6. The van der Waals surface area contributed by atoms with E-state index >= 15 is 0 Å². The molecule has 6 nitrogen and oxygen atoms in total. The number of benzene rings is 2. The highest BCUT2D eigenvalue weighted by Crippen LogP contribution is 2.13. The highest BCUT2D eigenvalue weighted by atomic mass is 16.6. The number of piperazine rings is 1. The molecule has 1 aliphatic heterocycles. The Morgan fingerprint density at radius 2 is 1.73 bits per heavy atom. The van der Waals surface area contributed by atoms with Gasteiger partial charge in [0.1, 0.15) is 6.54 Å². The predicted octanol–water partition coefficient (Wildman–Crippen LogP) is 1.54. The number of amides is 1. The maximum Gasteiger partial charge on any atom is 0.269 e. The summed E-state index contributed by atoms with van der Waals surface area (Å²) < 4.78 is 0. The summed E-state index contributed by atoms with van der Waals surface area (Å²) in [5.41, 5.74) is 2.14. The highest BCUT2D eigenvalue weighted by Gasteiger charge is 2.22. The Balaban J connectivity index is 1.49. The molecule has 134 valence electrons. The quantitative estimate of drug-likeness (QED) is 0.504. The van der Waals surface area contributed by atoms with Crippen LogP contribution in [0.25, 0.3) is 6.08 Å². The normalized spacial score (nSPS) is 15.3. The minimum atomic E-state index is -0.435. The average Bonchev–Trinajstić information content (AvgIpc) is 2.68. The Labute approximate surface area is 152 Å². The van der Waals surface area contributed by atoms with E-state index in [0.29, 0.717) is 0 Å². The van der Waals surface area contributed by atoms with Crippen LogP contribution in [-0.4, -0.2) is 41.9 Å². The van der Waals surface area contributed by atoms with Gasteiger partial charge in [-0.25, -0.2) is 0 Å². The fourth-order valence-corrected chi connectivity index (χ4v) is 3.08. The predicted molar refractivity (Wildman–Crippen MR) is 99.6 cm³/mol. The molecule has 1 N–H and O–H groups in total. The number of hydrogen-bond acceptors (Lipinski definition) is 3. The molecule has 1 amide bonds. The number of hydrogen-bond donors (Lipinski definition) is 1. The molecule has 3 rings (SSSR count). The molecule has 0 bridgehead atoms. The zero-order valence-corrected chi connectivity index (χ0v) is 14.5. The lowest BCUT2D eigenvalue weighted by Gasteiger charge is -2.31. The van der Waals surface area contributed by atoms with Crippen molar-refractivity contribution in [2.24, 2.45) is 0 Å². The minimum Gasteiger partial charge on any atom is -0.328 e. The van der Waals surface area contributed by atoms with Gasteiger partial charge in [-0.1, -0.05) is 30.3 Å². The van der Waals surface area contributed by atoms with Crippen molar-refractivity contribution >= 4 is 17.7 Å². The third-order valence-corrected chi connectivity index (χ3v) is 4.60. The van der Waals surface area contributed by atoms with Gasteiger partial charge in [0, 0.05) is 23.8 Å². The van der Waals surface area contributed by atoms with Crippen LogP contribution in [0, 0.1) is 10.1 Å². The van der Waals surface area contributed by atoms with Crippen LogP contribution < -0.4 is 4.90 Å². The van der Waals surface area contributed by atoms with E-state index < -0.39 is 4.92 Å². The third kappa shape index (κ3) is 4.77. The van der Waals surface area contributed by atoms with E-state index in [4.69, 9.17) is 0 Å². The summed E-state index contributed by atoms with van der Waals surface area (Å²) >= 11 is 0. The number of nitro benzene ring substituents is 1. The third-order valence-electron chi connectivity index (χ3n) is 4.60. The van der Waals surface area contributed by atoms with E-state index in [0.717, 1.165) is 38.3 Å². The van der Waals surface area contributed by atoms with Crippen LogP contribution >= 0.6 is 0 Å². The van der Waals surface area contributed by atoms with Crippen molar-refractivity contribution in [3.8, 4) is 0 Å². The number of rotatable bonds is 5. The van der Waals surface area contributed by atoms with E-state index in [1.807, 2.05) is 11.0 Å². The Morgan fingerprint density at radius 1 is 1.08 bits per heavy atom. The molecular weight excluding hydrogens is 330 g/mol. The van der Waals surface area contributed by atoms with E-state index in [1.165, 1.54) is 22.6 Å². The van der Waals surface area contributed by atoms with Crippen LogP contribution in [0.4, 0.5) is 5.69 Å². The molecule has 0 unspecified atom stereocenters. The molecule has 2 aromatic carbocycles. The van der Waals surface area contributed by atoms with Gasteiger partial charge in [0.2, 0.25) is 5.91 Å². The summed E-state index contributed by atoms with van der Waals surface area (Å²) in [6.07, 6.45) is 3.25. The maximum atomic E-state index is 12.3. The summed E-state index contributed by atoms with van der Waals surface area (Å²) in [4.78, 5) is 25.9. The van der Waals surface area contributed by atoms with E-state index in [9.17, 15) is 14.9 Å². The van der Waals surface area contributed by atoms with Crippen molar-refractivity contribution in [1.82, 2.24) is 4.90 Å². The number of nitrogens with one attached hydrogen (secondary N) is 1. The fraction of sp³-hybridized carbons (Fsp3) is 0.250. The molecule has 0 spiro atoms. The Bertz CT molecular complexity index is 780. The van der Waals surface area contributed by atoms with Gasteiger partial charge in [-0.05, 0) is 23.8 Å². The fourth-order valence-electron chi connectivity index (χ4n) is 3.08. The molecule has 0 radical (unpaired) electrons. The summed E-state index contributed by atoms with van der Waals surface area (Å²) in [7, 11) is 0. The van der Waals surface area contributed by atoms with Crippen molar-refractivity contribution in [3.05, 3.63) is 81.9 Å². The highest BCUT2D eigenvalue weighted by molar-refractivity contribution is 5.91. The first kappa shape index (κ1) is 17.8. The number of quaternary nitrogens is 1. The summed E-state index contributed by atoms with van der Waals surface area (Å²) in [6.45, 7) is 4.34. The molecule has 1 heterocycles. The molecule has 0 aliphatic carbocycles. The van der Waals surface area contributed by atoms with Gasteiger partial charge >= 0.3 is 0 Å². The lowest BCUT2D eigenvalue weighted by Crippen LogP contribution is -3.13. The number of nitrogens with zero attached hydrogens (tertiary/aromatic N) is 2. The molecular formula is C20H22N3O3+. The monoisotopic (exact) mass is 352 g/mol. The summed E-state index contributed by atoms with van der Waals surface area (Å²) in [5.74, 6) is -0.0119. The zero-order valence-electron chi connectivity index (χ0n) is 14.5. The van der Waals surface area contributed by atoms with Gasteiger partial charge in [-0.2, -0.15) is 0 Å². The molecule has 1 aliphatic rings. The second kappa shape index (κ2) is 8.40. The van der Waals surface area contributed by atoms with Gasteiger partial charge in [-0.3, -0.25) is 14.9 Å². The van der Waals surface area contributed by atoms with E-state index in [-0.39, 0.29) is 11.6 Å². The molecule has 1 saturated heterocycles. The smallest absolute Gasteiger partial charge is 0.269 e. The molecule has 1 fully saturated rings. The van der Waals surface area contributed by atoms with Gasteiger partial charge in [0.25, 0.3) is 5.69 Å². The van der Waals surface area contributed by atoms with Crippen molar-refractivity contribution in [1.29, 1.82) is 0 Å². The number of nitro groups is 1. The van der Waals surface area contributed by atoms with E-state index in [1.54, 1.807) is 24.3 Å². The van der Waals surface area contributed by atoms with E-state index in [2.05, 4.69) is 24.3 Å². The Kier molecular flexibility index (Phi) is 5.76. The van der Waals surface area contributed by atoms with Crippen molar-refractivity contribution < 1.29 is 14.6 Å². The number of carbonyl (C=O) groups is 1. The molecule has 0 aromatic heterocycles. The lowest BCUT2D eigenvalue weighted by atomic mass is 10.2. The molecule has 26 heavy (non-hydrogen) atoms. The molecule has 0 saturated carbocycles. The number of carbonyl (C=O) groups excluding carboxylic acids is 1. The average molecular weight is 352 g/mol. The zero-order chi connectivity index (χ0) is 18.4. The number of non-ortho nitro benzene ring substituents is 1. The molecule has 0 atom stereocenters. The summed E-state index contributed by atoms with van der Waals surface area (Å²) in [5, 5.41) is 10.7. The Morgan fingerprint density at radius 3 is 2.35 bits per heavy atom. The van der Waals surface area contributed by atoms with Crippen LogP contribution in [0.15, 0.2) is 60.7 Å². The van der Waals surface area contributed by atoms with Crippen molar-refractivity contribution in [3.63, 3.8) is 0 Å². The minimum absolute atomic E-state index is 0.0119. The van der Waals surface area contributed by atoms with Crippen molar-refractivity contribution in [2.75, 3.05) is 26.2 Å². The maximum absolute atomic E-state index is 12.3. The second-order valence-electron chi connectivity index (χ2n) is 6.42. The SMILES string of the molecule is O=C(C=Cc1ccc([N+](=O)[O-])cc1)N1CC[NH+](Cc2ccccc2)CC1. The topological polar surface area (TPSA) is 67.9 Å². The molecule has 6 heteroatoms. The van der Waals surface area contributed by atoms with Gasteiger partial charge in [0.05, 0.1) is 31.1 Å². The van der Waals surface area contributed by atoms with Gasteiger partial charge in [-0.15, -0.1) is 0 Å². The largest absolute Gasteiger partial charge is 0.328 e. The van der Waals surface area contributed by atoms with Crippen LogP contribution in [0.2, 0.25) is 0 Å². The molecule has 2 aromatic rings. The first-order valence-corrected chi connectivity index (χ1v) is 8.71. The standard InChI is InChI=1S/C20H21N3O3/c24-20(11-8-17-6-9-19(10-7-17)23(25)26)22-14-12-21(13-15-22)16-18-4-2-1-3-5-18/h1-11H,12-16H2/p+1. The first-order chi connectivity index (χ1) is 12.6. The van der Waals surface area contributed by atoms with Gasteiger partial charge < -0.3 is 9.80 Å². The van der Waals surface area contributed by atoms with Crippen molar-refractivity contribution in [2.45, 2.75) is 6.54 Å². The van der Waals surface area contributed by atoms with Crippen LogP contribution in [-0.2, 0) is 11.3 Å². The second-order valence-corrected chi connectivity index (χ2v) is 6.42. The van der Waals surface area contributed by atoms with Crippen LogP contribution in [0.1, 0.15) is 11.1 Å². The van der Waals surface area contributed by atoms with Crippen LogP contribution in [0.3, 0.4) is 0 Å². The Hall–Kier alpha value is -2.99.